The molecule has 4 heteroatoms. The molecule has 27 heavy (non-hydrogen) atoms. The summed E-state index contributed by atoms with van der Waals surface area (Å²) in [6, 6.07) is 0. The van der Waals surface area contributed by atoms with E-state index in [1.165, 1.54) is 19.3 Å². The first-order valence-electron chi connectivity index (χ1n) is 11.4. The zero-order valence-electron chi connectivity index (χ0n) is 17.3. The molecule has 0 aromatic carbocycles. The van der Waals surface area contributed by atoms with Crippen molar-refractivity contribution in [3.63, 3.8) is 0 Å². The van der Waals surface area contributed by atoms with Crippen LogP contribution in [0.2, 0.25) is 0 Å². The number of hydrogen-bond donors (Lipinski definition) is 2. The maximum Gasteiger partial charge on any atom is 0.169 e. The molecule has 5 rings (SSSR count). The first-order chi connectivity index (χ1) is 12.8. The fourth-order valence-electron chi connectivity index (χ4n) is 8.95. The lowest BCUT2D eigenvalue weighted by Gasteiger charge is -2.62. The highest BCUT2D eigenvalue weighted by Crippen LogP contribution is 2.69. The van der Waals surface area contributed by atoms with E-state index in [2.05, 4.69) is 20.8 Å². The van der Waals surface area contributed by atoms with Crippen LogP contribution >= 0.6 is 0 Å². The second-order valence-corrected chi connectivity index (χ2v) is 11.1. The van der Waals surface area contributed by atoms with Crippen molar-refractivity contribution in [2.45, 2.75) is 90.1 Å². The molecule has 4 nitrogen and oxygen atoms in total. The van der Waals surface area contributed by atoms with Crippen molar-refractivity contribution in [2.75, 3.05) is 13.2 Å². The van der Waals surface area contributed by atoms with Crippen molar-refractivity contribution in [2.24, 2.45) is 40.4 Å². The van der Waals surface area contributed by atoms with Gasteiger partial charge in [0.2, 0.25) is 0 Å². The summed E-state index contributed by atoms with van der Waals surface area (Å²) in [6.07, 6.45) is 8.31. The molecule has 0 bridgehead atoms. The van der Waals surface area contributed by atoms with Gasteiger partial charge >= 0.3 is 0 Å². The van der Waals surface area contributed by atoms with Gasteiger partial charge < -0.3 is 19.7 Å². The van der Waals surface area contributed by atoms with Gasteiger partial charge in [0, 0.05) is 5.92 Å². The average Bonchev–Trinajstić information content (AvgIpc) is 3.19. The highest BCUT2D eigenvalue weighted by molar-refractivity contribution is 5.13. The van der Waals surface area contributed by atoms with Crippen LogP contribution in [0, 0.1) is 40.4 Å². The van der Waals surface area contributed by atoms with Crippen molar-refractivity contribution >= 4 is 0 Å². The van der Waals surface area contributed by atoms with Crippen LogP contribution in [0.3, 0.4) is 0 Å². The first kappa shape index (κ1) is 18.8. The van der Waals surface area contributed by atoms with Gasteiger partial charge in [0.05, 0.1) is 25.4 Å². The Balaban J connectivity index is 1.46. The van der Waals surface area contributed by atoms with Gasteiger partial charge in [-0.1, -0.05) is 13.8 Å². The third-order valence-corrected chi connectivity index (χ3v) is 10.1. The van der Waals surface area contributed by atoms with E-state index in [-0.39, 0.29) is 23.0 Å². The van der Waals surface area contributed by atoms with Crippen LogP contribution in [0.4, 0.5) is 0 Å². The van der Waals surface area contributed by atoms with Gasteiger partial charge in [-0.3, -0.25) is 0 Å². The number of aliphatic hydroxyl groups is 2. The Morgan fingerprint density at radius 1 is 0.852 bits per heavy atom. The molecule has 4 aliphatic carbocycles. The number of rotatable bonds is 1. The number of aliphatic hydroxyl groups excluding tert-OH is 2. The molecular formula is C23H38O4. The molecule has 1 aliphatic heterocycles. The van der Waals surface area contributed by atoms with Crippen LogP contribution in [0.15, 0.2) is 0 Å². The summed E-state index contributed by atoms with van der Waals surface area (Å²) in [4.78, 5) is 0. The molecule has 9 unspecified atom stereocenters. The van der Waals surface area contributed by atoms with Gasteiger partial charge in [-0.05, 0) is 92.8 Å². The molecule has 1 saturated heterocycles. The summed E-state index contributed by atoms with van der Waals surface area (Å²) in [6.45, 7) is 8.39. The van der Waals surface area contributed by atoms with E-state index >= 15 is 0 Å². The monoisotopic (exact) mass is 378 g/mol. The fourth-order valence-corrected chi connectivity index (χ4v) is 8.95. The molecule has 0 aromatic rings. The van der Waals surface area contributed by atoms with Crippen molar-refractivity contribution in [3.05, 3.63) is 0 Å². The SMILES string of the molecule is CC1(C2CCC3C4CCC5CC(O)CCC5(C)C4C(O)CC32C)OCCO1. The van der Waals surface area contributed by atoms with E-state index in [4.69, 9.17) is 9.47 Å². The maximum absolute atomic E-state index is 11.5. The first-order valence-corrected chi connectivity index (χ1v) is 11.4. The topological polar surface area (TPSA) is 58.9 Å². The lowest BCUT2D eigenvalue weighted by Crippen LogP contribution is -2.60. The standard InChI is InChI=1S/C23H38O4/c1-21-9-8-15(24)12-14(21)4-5-16-17-6-7-19(23(3)26-10-11-27-23)22(17,2)13-18(25)20(16)21/h14-20,24-25H,4-13H2,1-3H3. The van der Waals surface area contributed by atoms with Crippen LogP contribution in [0.1, 0.15) is 72.1 Å². The Kier molecular flexibility index (Phi) is 4.30. The smallest absolute Gasteiger partial charge is 0.169 e. The summed E-state index contributed by atoms with van der Waals surface area (Å²) in [7, 11) is 0. The second kappa shape index (κ2) is 6.17. The summed E-state index contributed by atoms with van der Waals surface area (Å²) in [5.41, 5.74) is 0.308. The fraction of sp³-hybridized carbons (Fsp3) is 1.00. The van der Waals surface area contributed by atoms with Crippen LogP contribution < -0.4 is 0 Å². The zero-order valence-corrected chi connectivity index (χ0v) is 17.3. The molecule has 2 N–H and O–H groups in total. The molecule has 5 aliphatic rings. The van der Waals surface area contributed by atoms with Crippen molar-refractivity contribution < 1.29 is 19.7 Å². The largest absolute Gasteiger partial charge is 0.393 e. The zero-order chi connectivity index (χ0) is 19.0. The van der Waals surface area contributed by atoms with Crippen molar-refractivity contribution in [1.82, 2.24) is 0 Å². The molecule has 0 spiro atoms. The highest BCUT2D eigenvalue weighted by Gasteiger charge is 2.66. The Labute approximate surface area is 164 Å². The lowest BCUT2D eigenvalue weighted by molar-refractivity contribution is -0.232. The minimum absolute atomic E-state index is 0.108. The molecule has 154 valence electrons. The summed E-state index contributed by atoms with van der Waals surface area (Å²) < 4.78 is 12.2. The summed E-state index contributed by atoms with van der Waals surface area (Å²) in [5.74, 6) is 2.19. The number of fused-ring (bicyclic) bond motifs is 5. The van der Waals surface area contributed by atoms with E-state index in [0.717, 1.165) is 32.1 Å². The molecule has 0 aromatic heterocycles. The Morgan fingerprint density at radius 3 is 2.33 bits per heavy atom. The predicted octanol–water partition coefficient (Wildman–Crippen LogP) is 3.74. The third-order valence-electron chi connectivity index (χ3n) is 10.1. The van der Waals surface area contributed by atoms with Gasteiger partial charge in [-0.25, -0.2) is 0 Å². The van der Waals surface area contributed by atoms with E-state index < -0.39 is 5.79 Å². The normalized spacial score (nSPS) is 57.0. The minimum Gasteiger partial charge on any atom is -0.393 e. The van der Waals surface area contributed by atoms with Crippen molar-refractivity contribution in [1.29, 1.82) is 0 Å². The van der Waals surface area contributed by atoms with Gasteiger partial charge in [0.15, 0.2) is 5.79 Å². The molecule has 0 radical (unpaired) electrons. The Bertz CT molecular complexity index is 587. The van der Waals surface area contributed by atoms with Crippen LogP contribution in [0.25, 0.3) is 0 Å². The van der Waals surface area contributed by atoms with Crippen LogP contribution in [0.5, 0.6) is 0 Å². The highest BCUT2D eigenvalue weighted by atomic mass is 16.7. The van der Waals surface area contributed by atoms with Crippen LogP contribution in [-0.4, -0.2) is 41.4 Å². The van der Waals surface area contributed by atoms with E-state index in [1.807, 2.05) is 0 Å². The quantitative estimate of drug-likeness (QED) is 0.730. The molecule has 1 heterocycles. The molecule has 9 atom stereocenters. The summed E-state index contributed by atoms with van der Waals surface area (Å²) >= 11 is 0. The van der Waals surface area contributed by atoms with E-state index in [1.54, 1.807) is 0 Å². The third kappa shape index (κ3) is 2.55. The number of hydrogen-bond acceptors (Lipinski definition) is 4. The lowest BCUT2D eigenvalue weighted by atomic mass is 9.43. The van der Waals surface area contributed by atoms with Gasteiger partial charge in [0.1, 0.15) is 0 Å². The number of ether oxygens (including phenoxy) is 2. The van der Waals surface area contributed by atoms with Gasteiger partial charge in [0.25, 0.3) is 0 Å². The molecule has 0 amide bonds. The van der Waals surface area contributed by atoms with Gasteiger partial charge in [-0.2, -0.15) is 0 Å². The average molecular weight is 379 g/mol. The molecule has 5 fully saturated rings. The van der Waals surface area contributed by atoms with Gasteiger partial charge in [-0.15, -0.1) is 0 Å². The summed E-state index contributed by atoms with van der Waals surface area (Å²) in [5, 5.41) is 21.7. The molecular weight excluding hydrogens is 340 g/mol. The Morgan fingerprint density at radius 2 is 1.59 bits per heavy atom. The van der Waals surface area contributed by atoms with Crippen molar-refractivity contribution in [3.8, 4) is 0 Å². The second-order valence-electron chi connectivity index (χ2n) is 11.1. The predicted molar refractivity (Wildman–Crippen MR) is 103 cm³/mol. The van der Waals surface area contributed by atoms with E-state index in [9.17, 15) is 10.2 Å². The minimum atomic E-state index is -0.466. The Hall–Kier alpha value is -0.160. The van der Waals surface area contributed by atoms with Crippen LogP contribution in [-0.2, 0) is 9.47 Å². The molecule has 4 saturated carbocycles. The van der Waals surface area contributed by atoms with E-state index in [0.29, 0.717) is 42.8 Å². The maximum atomic E-state index is 11.5.